The summed E-state index contributed by atoms with van der Waals surface area (Å²) in [5, 5.41) is 2.79. The number of pyridine rings is 1. The Bertz CT molecular complexity index is 734. The van der Waals surface area contributed by atoms with Gasteiger partial charge in [0.1, 0.15) is 11.4 Å². The molecule has 0 spiro atoms. The Balaban J connectivity index is 1.90. The molecule has 0 radical (unpaired) electrons. The van der Waals surface area contributed by atoms with Crippen LogP contribution in [0.5, 0.6) is 0 Å². The zero-order valence-corrected chi connectivity index (χ0v) is 15.3. The van der Waals surface area contributed by atoms with Gasteiger partial charge in [0.2, 0.25) is 5.91 Å². The van der Waals surface area contributed by atoms with Gasteiger partial charge in [-0.2, -0.15) is 0 Å². The van der Waals surface area contributed by atoms with Crippen LogP contribution < -0.4 is 5.32 Å². The Morgan fingerprint density at radius 2 is 2.12 bits per heavy atom. The molecule has 1 unspecified atom stereocenters. The molecule has 0 aliphatic carbocycles. The van der Waals surface area contributed by atoms with Gasteiger partial charge in [0.25, 0.3) is 0 Å². The van der Waals surface area contributed by atoms with Gasteiger partial charge in [-0.15, -0.1) is 0 Å². The molecule has 1 atom stereocenters. The quantitative estimate of drug-likeness (QED) is 0.846. The lowest BCUT2D eigenvalue weighted by Crippen LogP contribution is -2.39. The molecule has 0 saturated heterocycles. The third-order valence-corrected chi connectivity index (χ3v) is 4.25. The number of nitrogens with one attached hydrogen (secondary N) is 1. The third-order valence-electron chi connectivity index (χ3n) is 4.25. The highest BCUT2D eigenvalue weighted by Crippen LogP contribution is 2.31. The van der Waals surface area contributed by atoms with Gasteiger partial charge in [0.05, 0.1) is 5.70 Å². The molecule has 1 N–H and O–H groups in total. The molecule has 6 nitrogen and oxygen atoms in total. The molecule has 0 bridgehead atoms. The van der Waals surface area contributed by atoms with Gasteiger partial charge in [-0.05, 0) is 51.2 Å². The number of allylic oxidation sites excluding steroid dienone is 1. The first kappa shape index (κ1) is 17.5. The van der Waals surface area contributed by atoms with Gasteiger partial charge < -0.3 is 10.1 Å². The largest absolute Gasteiger partial charge is 0.443 e. The van der Waals surface area contributed by atoms with E-state index in [9.17, 15) is 9.59 Å². The maximum atomic E-state index is 12.7. The molecule has 6 heteroatoms. The number of hydrogen-bond donors (Lipinski definition) is 1. The normalized spacial score (nSPS) is 20.5. The van der Waals surface area contributed by atoms with E-state index in [0.717, 1.165) is 23.2 Å². The minimum atomic E-state index is -0.540. The highest BCUT2D eigenvalue weighted by Gasteiger charge is 2.30. The van der Waals surface area contributed by atoms with Crippen LogP contribution in [0.3, 0.4) is 0 Å². The van der Waals surface area contributed by atoms with Crippen LogP contribution in [0.4, 0.5) is 10.6 Å². The monoisotopic (exact) mass is 343 g/mol. The van der Waals surface area contributed by atoms with E-state index in [4.69, 9.17) is 4.74 Å². The van der Waals surface area contributed by atoms with E-state index in [1.165, 1.54) is 0 Å². The average molecular weight is 343 g/mol. The summed E-state index contributed by atoms with van der Waals surface area (Å²) in [6.45, 7) is 8.33. The molecule has 2 aliphatic rings. The molecule has 1 aromatic heterocycles. The number of ether oxygens (including phenoxy) is 1. The second kappa shape index (κ2) is 6.50. The fourth-order valence-corrected chi connectivity index (χ4v) is 3.07. The highest BCUT2D eigenvalue weighted by atomic mass is 16.6. The number of rotatable bonds is 1. The molecule has 2 aliphatic heterocycles. The fourth-order valence-electron chi connectivity index (χ4n) is 3.07. The second-order valence-corrected chi connectivity index (χ2v) is 7.80. The minimum Gasteiger partial charge on any atom is -0.443 e. The smallest absolute Gasteiger partial charge is 0.414 e. The maximum Gasteiger partial charge on any atom is 0.414 e. The van der Waals surface area contributed by atoms with Crippen molar-refractivity contribution in [1.29, 1.82) is 0 Å². The summed E-state index contributed by atoms with van der Waals surface area (Å²) in [5.41, 5.74) is 2.18. The van der Waals surface area contributed by atoms with E-state index in [-0.39, 0.29) is 12.0 Å². The lowest BCUT2D eigenvalue weighted by Gasteiger charge is -2.34. The number of amides is 2. The summed E-state index contributed by atoms with van der Waals surface area (Å²) in [5.74, 6) is 0.989. The van der Waals surface area contributed by atoms with Crippen LogP contribution in [0.25, 0.3) is 5.70 Å². The van der Waals surface area contributed by atoms with Crippen molar-refractivity contribution in [3.8, 4) is 0 Å². The maximum absolute atomic E-state index is 12.7. The van der Waals surface area contributed by atoms with Crippen LogP contribution in [0.2, 0.25) is 0 Å². The summed E-state index contributed by atoms with van der Waals surface area (Å²) in [7, 11) is 0. The number of hydrogen-bond acceptors (Lipinski definition) is 4. The molecular weight excluding hydrogens is 318 g/mol. The Hall–Kier alpha value is -2.37. The first-order chi connectivity index (χ1) is 11.7. The number of carbonyl (C=O) groups is 2. The van der Waals surface area contributed by atoms with Crippen LogP contribution in [-0.2, 0) is 16.0 Å². The first-order valence-corrected chi connectivity index (χ1v) is 8.73. The SMILES string of the molecule is CC1CC=C(c2cnc3c(c2)CCC(=O)N3)N(C(=O)OC(C)(C)C)C1. The van der Waals surface area contributed by atoms with Gasteiger partial charge in [0, 0.05) is 24.7 Å². The summed E-state index contributed by atoms with van der Waals surface area (Å²) in [6.07, 6.45) is 5.48. The first-order valence-electron chi connectivity index (χ1n) is 8.73. The zero-order chi connectivity index (χ0) is 18.2. The van der Waals surface area contributed by atoms with Crippen molar-refractivity contribution in [3.05, 3.63) is 29.5 Å². The van der Waals surface area contributed by atoms with Crippen molar-refractivity contribution >= 4 is 23.5 Å². The summed E-state index contributed by atoms with van der Waals surface area (Å²) in [6, 6.07) is 2.01. The zero-order valence-electron chi connectivity index (χ0n) is 15.3. The second-order valence-electron chi connectivity index (χ2n) is 7.80. The molecule has 3 rings (SSSR count). The van der Waals surface area contributed by atoms with Crippen molar-refractivity contribution in [2.24, 2.45) is 5.92 Å². The van der Waals surface area contributed by atoms with Crippen molar-refractivity contribution < 1.29 is 14.3 Å². The number of anilines is 1. The minimum absolute atomic E-state index is 0.00571. The Labute approximate surface area is 148 Å². The van der Waals surface area contributed by atoms with Crippen molar-refractivity contribution in [2.45, 2.75) is 52.6 Å². The Morgan fingerprint density at radius 1 is 1.36 bits per heavy atom. The van der Waals surface area contributed by atoms with Crippen LogP contribution in [0, 0.1) is 5.92 Å². The van der Waals surface area contributed by atoms with E-state index in [0.29, 0.717) is 31.1 Å². The molecule has 0 saturated carbocycles. The van der Waals surface area contributed by atoms with E-state index in [1.54, 1.807) is 11.1 Å². The standard InChI is InChI=1S/C19H25N3O3/c1-12-5-7-15(22(11-12)18(24)25-19(2,3)4)14-9-13-6-8-16(23)21-17(13)20-10-14/h7,9-10,12H,5-6,8,11H2,1-4H3,(H,20,21,23). The third kappa shape index (κ3) is 4.00. The topological polar surface area (TPSA) is 71.5 Å². The molecule has 134 valence electrons. The van der Waals surface area contributed by atoms with E-state index >= 15 is 0 Å². The molecule has 0 fully saturated rings. The van der Waals surface area contributed by atoms with E-state index in [1.807, 2.05) is 26.8 Å². The molecule has 3 heterocycles. The average Bonchev–Trinajstić information content (AvgIpc) is 2.52. The fraction of sp³-hybridized carbons (Fsp3) is 0.526. The number of aromatic nitrogens is 1. The lowest BCUT2D eigenvalue weighted by molar-refractivity contribution is -0.116. The summed E-state index contributed by atoms with van der Waals surface area (Å²) in [4.78, 5) is 30.2. The van der Waals surface area contributed by atoms with Crippen molar-refractivity contribution in [1.82, 2.24) is 9.88 Å². The molecule has 25 heavy (non-hydrogen) atoms. The highest BCUT2D eigenvalue weighted by molar-refractivity contribution is 5.93. The predicted octanol–water partition coefficient (Wildman–Crippen LogP) is 3.58. The van der Waals surface area contributed by atoms with Crippen LogP contribution in [0.1, 0.15) is 51.7 Å². The Morgan fingerprint density at radius 3 is 2.84 bits per heavy atom. The number of nitrogens with zero attached hydrogens (tertiary/aromatic N) is 2. The lowest BCUT2D eigenvalue weighted by atomic mass is 9.97. The van der Waals surface area contributed by atoms with Crippen LogP contribution >= 0.6 is 0 Å². The number of carbonyl (C=O) groups excluding carboxylic acids is 2. The Kier molecular flexibility index (Phi) is 4.54. The molecule has 2 amide bonds. The van der Waals surface area contributed by atoms with E-state index < -0.39 is 5.60 Å². The number of aryl methyl sites for hydroxylation is 1. The molecule has 0 aromatic carbocycles. The van der Waals surface area contributed by atoms with Crippen LogP contribution in [-0.4, -0.2) is 34.0 Å². The summed E-state index contributed by atoms with van der Waals surface area (Å²) >= 11 is 0. The van der Waals surface area contributed by atoms with Gasteiger partial charge >= 0.3 is 6.09 Å². The summed E-state index contributed by atoms with van der Waals surface area (Å²) < 4.78 is 5.57. The van der Waals surface area contributed by atoms with Gasteiger partial charge in [-0.3, -0.25) is 9.69 Å². The van der Waals surface area contributed by atoms with Crippen molar-refractivity contribution in [2.75, 3.05) is 11.9 Å². The van der Waals surface area contributed by atoms with Crippen LogP contribution in [0.15, 0.2) is 18.3 Å². The molecule has 1 aromatic rings. The predicted molar refractivity (Wildman–Crippen MR) is 95.9 cm³/mol. The van der Waals surface area contributed by atoms with Gasteiger partial charge in [0.15, 0.2) is 0 Å². The van der Waals surface area contributed by atoms with Gasteiger partial charge in [-0.1, -0.05) is 13.0 Å². The van der Waals surface area contributed by atoms with Crippen molar-refractivity contribution in [3.63, 3.8) is 0 Å². The number of fused-ring (bicyclic) bond motifs is 1. The van der Waals surface area contributed by atoms with Gasteiger partial charge in [-0.25, -0.2) is 9.78 Å². The van der Waals surface area contributed by atoms with E-state index in [2.05, 4.69) is 23.3 Å². The molecular formula is C19H25N3O3.